The lowest BCUT2D eigenvalue weighted by molar-refractivity contribution is -0.121. The fraction of sp³-hybridized carbons (Fsp3) is 0.647. The maximum absolute atomic E-state index is 11.8. The molecule has 0 saturated carbocycles. The number of imide groups is 1. The smallest absolute Gasteiger partial charge is 0.322 e. The Kier molecular flexibility index (Phi) is 3.97. The molecule has 7 nitrogen and oxygen atoms in total. The molecule has 0 bridgehead atoms. The van der Waals surface area contributed by atoms with Gasteiger partial charge in [0.1, 0.15) is 17.7 Å². The van der Waals surface area contributed by atoms with Gasteiger partial charge in [-0.25, -0.2) is 14.8 Å². The third kappa shape index (κ3) is 3.07. The molecule has 2 saturated heterocycles. The molecule has 0 spiro atoms. The number of nitrogens with one attached hydrogen (secondary N) is 2. The molecule has 3 rings (SSSR count). The van der Waals surface area contributed by atoms with E-state index in [0.717, 1.165) is 17.3 Å². The monoisotopic (exact) mass is 331 g/mol. The first kappa shape index (κ1) is 16.7. The second-order valence-corrected chi connectivity index (χ2v) is 7.98. The zero-order valence-electron chi connectivity index (χ0n) is 14.9. The summed E-state index contributed by atoms with van der Waals surface area (Å²) in [5, 5.41) is 4.97. The Labute approximate surface area is 142 Å². The second-order valence-electron chi connectivity index (χ2n) is 7.98. The Hall–Kier alpha value is -2.18. The van der Waals surface area contributed by atoms with Gasteiger partial charge in [-0.1, -0.05) is 34.6 Å². The molecule has 2 aliphatic heterocycles. The van der Waals surface area contributed by atoms with E-state index in [0.29, 0.717) is 13.1 Å². The molecule has 1 atom stereocenters. The highest BCUT2D eigenvalue weighted by Gasteiger charge is 2.43. The van der Waals surface area contributed by atoms with Crippen molar-refractivity contribution in [3.8, 4) is 0 Å². The molecule has 0 aliphatic carbocycles. The number of hydrogen-bond acceptors (Lipinski definition) is 5. The molecule has 0 radical (unpaired) electrons. The van der Waals surface area contributed by atoms with Gasteiger partial charge >= 0.3 is 6.03 Å². The highest BCUT2D eigenvalue weighted by atomic mass is 16.2. The summed E-state index contributed by atoms with van der Waals surface area (Å²) in [5.74, 6) is 1.88. The quantitative estimate of drug-likeness (QED) is 0.821. The van der Waals surface area contributed by atoms with Gasteiger partial charge < -0.3 is 10.2 Å². The first-order valence-electron chi connectivity index (χ1n) is 8.41. The van der Waals surface area contributed by atoms with Crippen LogP contribution in [0.25, 0.3) is 0 Å². The molecule has 130 valence electrons. The fourth-order valence-electron chi connectivity index (χ4n) is 2.93. The SMILES string of the molecule is CC(C)c1nc(N2CC(C3NC(=O)NC3=O)C2)cc(C(C)(C)C)n1. The van der Waals surface area contributed by atoms with E-state index in [2.05, 4.69) is 50.2 Å². The van der Waals surface area contributed by atoms with E-state index >= 15 is 0 Å². The molecule has 2 N–H and O–H groups in total. The molecule has 7 heteroatoms. The van der Waals surface area contributed by atoms with Crippen molar-refractivity contribution in [2.24, 2.45) is 5.92 Å². The molecule has 3 heterocycles. The third-order valence-electron chi connectivity index (χ3n) is 4.53. The highest BCUT2D eigenvalue weighted by molar-refractivity contribution is 6.04. The van der Waals surface area contributed by atoms with Gasteiger partial charge in [-0.05, 0) is 0 Å². The Bertz CT molecular complexity index is 674. The van der Waals surface area contributed by atoms with Crippen LogP contribution in [-0.4, -0.2) is 41.0 Å². The summed E-state index contributed by atoms with van der Waals surface area (Å²) in [6, 6.07) is 1.21. The normalized spacial score (nSPS) is 21.8. The van der Waals surface area contributed by atoms with Crippen LogP contribution in [0.1, 0.15) is 52.1 Å². The van der Waals surface area contributed by atoms with E-state index < -0.39 is 12.1 Å². The molecule has 3 amide bonds. The van der Waals surface area contributed by atoms with Gasteiger partial charge in [-0.15, -0.1) is 0 Å². The predicted molar refractivity (Wildman–Crippen MR) is 91.0 cm³/mol. The van der Waals surface area contributed by atoms with Crippen molar-refractivity contribution in [1.82, 2.24) is 20.6 Å². The molecule has 2 aliphatic rings. The van der Waals surface area contributed by atoms with Gasteiger partial charge in [0.15, 0.2) is 0 Å². The van der Waals surface area contributed by atoms with Gasteiger partial charge in [0.25, 0.3) is 5.91 Å². The summed E-state index contributed by atoms with van der Waals surface area (Å²) in [4.78, 5) is 34.5. The van der Waals surface area contributed by atoms with Crippen LogP contribution in [0, 0.1) is 5.92 Å². The van der Waals surface area contributed by atoms with Crippen LogP contribution in [-0.2, 0) is 10.2 Å². The average molecular weight is 331 g/mol. The zero-order valence-corrected chi connectivity index (χ0v) is 14.9. The van der Waals surface area contributed by atoms with Gasteiger partial charge in [-0.3, -0.25) is 10.1 Å². The number of nitrogens with zero attached hydrogens (tertiary/aromatic N) is 3. The van der Waals surface area contributed by atoms with Crippen molar-refractivity contribution in [2.45, 2.75) is 52.0 Å². The fourth-order valence-corrected chi connectivity index (χ4v) is 2.93. The number of urea groups is 1. The van der Waals surface area contributed by atoms with Crippen molar-refractivity contribution in [3.63, 3.8) is 0 Å². The van der Waals surface area contributed by atoms with Gasteiger partial charge in [0.05, 0.1) is 5.69 Å². The number of carbonyl (C=O) groups excluding carboxylic acids is 2. The minimum Gasteiger partial charge on any atom is -0.356 e. The first-order chi connectivity index (χ1) is 11.1. The van der Waals surface area contributed by atoms with Gasteiger partial charge in [-0.2, -0.15) is 0 Å². The summed E-state index contributed by atoms with van der Waals surface area (Å²) >= 11 is 0. The molecule has 1 aromatic rings. The first-order valence-corrected chi connectivity index (χ1v) is 8.41. The van der Waals surface area contributed by atoms with Crippen molar-refractivity contribution in [2.75, 3.05) is 18.0 Å². The topological polar surface area (TPSA) is 87.2 Å². The second kappa shape index (κ2) is 5.72. The lowest BCUT2D eigenvalue weighted by Crippen LogP contribution is -2.57. The van der Waals surface area contributed by atoms with Crippen molar-refractivity contribution in [3.05, 3.63) is 17.6 Å². The van der Waals surface area contributed by atoms with Crippen molar-refractivity contribution < 1.29 is 9.59 Å². The number of aromatic nitrogens is 2. The Morgan fingerprint density at radius 1 is 1.21 bits per heavy atom. The Morgan fingerprint density at radius 2 is 1.88 bits per heavy atom. The summed E-state index contributed by atoms with van der Waals surface area (Å²) in [5.41, 5.74) is 0.969. The van der Waals surface area contributed by atoms with Crippen LogP contribution < -0.4 is 15.5 Å². The molecule has 0 aromatic carbocycles. The summed E-state index contributed by atoms with van der Waals surface area (Å²) in [7, 11) is 0. The Morgan fingerprint density at radius 3 is 2.38 bits per heavy atom. The van der Waals surface area contributed by atoms with Crippen molar-refractivity contribution in [1.29, 1.82) is 0 Å². The Balaban J connectivity index is 1.77. The number of amides is 3. The number of rotatable bonds is 3. The van der Waals surface area contributed by atoms with E-state index in [1.54, 1.807) is 0 Å². The van der Waals surface area contributed by atoms with Gasteiger partial charge in [0, 0.05) is 36.4 Å². The minimum absolute atomic E-state index is 0.0507. The van der Waals surface area contributed by atoms with E-state index in [4.69, 9.17) is 9.97 Å². The lowest BCUT2D eigenvalue weighted by Gasteiger charge is -2.42. The van der Waals surface area contributed by atoms with Crippen LogP contribution in [0.5, 0.6) is 0 Å². The van der Waals surface area contributed by atoms with Crippen LogP contribution in [0.4, 0.5) is 10.6 Å². The predicted octanol–water partition coefficient (Wildman–Crippen LogP) is 1.54. The standard InChI is InChI=1S/C17H25N5O2/c1-9(2)14-18-11(17(3,4)5)6-12(19-14)22-7-10(8-22)13-15(23)21-16(24)20-13/h6,9-10,13H,7-8H2,1-5H3,(H2,20,21,23,24). The number of hydrogen-bond donors (Lipinski definition) is 2. The molecular weight excluding hydrogens is 306 g/mol. The van der Waals surface area contributed by atoms with E-state index in [-0.39, 0.29) is 23.2 Å². The summed E-state index contributed by atoms with van der Waals surface area (Å²) in [6.07, 6.45) is 0. The maximum atomic E-state index is 11.8. The number of carbonyl (C=O) groups is 2. The van der Waals surface area contributed by atoms with Crippen LogP contribution in [0.3, 0.4) is 0 Å². The molecule has 1 aromatic heterocycles. The van der Waals surface area contributed by atoms with Gasteiger partial charge in [0.2, 0.25) is 0 Å². The summed E-state index contributed by atoms with van der Waals surface area (Å²) in [6.45, 7) is 12.0. The van der Waals surface area contributed by atoms with E-state index in [1.807, 2.05) is 6.07 Å². The molecule has 1 unspecified atom stereocenters. The molecule has 2 fully saturated rings. The van der Waals surface area contributed by atoms with Crippen LogP contribution >= 0.6 is 0 Å². The molecule has 24 heavy (non-hydrogen) atoms. The highest BCUT2D eigenvalue weighted by Crippen LogP contribution is 2.30. The third-order valence-corrected chi connectivity index (χ3v) is 4.53. The maximum Gasteiger partial charge on any atom is 0.322 e. The summed E-state index contributed by atoms with van der Waals surface area (Å²) < 4.78 is 0. The van der Waals surface area contributed by atoms with Crippen LogP contribution in [0.2, 0.25) is 0 Å². The van der Waals surface area contributed by atoms with Crippen molar-refractivity contribution >= 4 is 17.8 Å². The molecular formula is C17H25N5O2. The zero-order chi connectivity index (χ0) is 17.6. The van der Waals surface area contributed by atoms with E-state index in [1.165, 1.54) is 0 Å². The minimum atomic E-state index is -0.428. The number of anilines is 1. The lowest BCUT2D eigenvalue weighted by atomic mass is 9.89. The average Bonchev–Trinajstić information content (AvgIpc) is 2.74. The van der Waals surface area contributed by atoms with Crippen LogP contribution in [0.15, 0.2) is 6.07 Å². The largest absolute Gasteiger partial charge is 0.356 e. The van der Waals surface area contributed by atoms with E-state index in [9.17, 15) is 9.59 Å².